The molecule has 0 saturated carbocycles. The molecule has 174 valence electrons. The van der Waals surface area contributed by atoms with Crippen molar-refractivity contribution in [3.63, 3.8) is 0 Å². The smallest absolute Gasteiger partial charge is 0.287 e. The number of rotatable bonds is 9. The van der Waals surface area contributed by atoms with Crippen LogP contribution in [0.3, 0.4) is 0 Å². The molecule has 0 radical (unpaired) electrons. The summed E-state index contributed by atoms with van der Waals surface area (Å²) in [6.07, 6.45) is 3.15. The molecule has 0 aliphatic heterocycles. The Hall–Kier alpha value is -4.49. The molecule has 7 heteroatoms. The fourth-order valence-corrected chi connectivity index (χ4v) is 3.73. The number of benzene rings is 3. The Balaban J connectivity index is 1.37. The van der Waals surface area contributed by atoms with E-state index in [-0.39, 0.29) is 11.6 Å². The molecular formula is C28H23N3O3S. The number of nitrogens with one attached hydrogen (secondary N) is 2. The molecule has 1 aromatic heterocycles. The van der Waals surface area contributed by atoms with Gasteiger partial charge in [-0.3, -0.25) is 9.59 Å². The van der Waals surface area contributed by atoms with Crippen LogP contribution in [-0.4, -0.2) is 18.0 Å². The van der Waals surface area contributed by atoms with Crippen LogP contribution in [0, 0.1) is 0 Å². The van der Waals surface area contributed by atoms with Gasteiger partial charge in [-0.2, -0.15) is 5.10 Å². The second kappa shape index (κ2) is 12.1. The first-order chi connectivity index (χ1) is 17.2. The van der Waals surface area contributed by atoms with Gasteiger partial charge in [0.2, 0.25) is 0 Å². The van der Waals surface area contributed by atoms with Gasteiger partial charge in [0.25, 0.3) is 11.8 Å². The van der Waals surface area contributed by atoms with Crippen LogP contribution in [-0.2, 0) is 11.4 Å². The maximum Gasteiger partial charge on any atom is 0.287 e. The predicted molar refractivity (Wildman–Crippen MR) is 139 cm³/mol. The second-order valence-electron chi connectivity index (χ2n) is 7.44. The molecule has 35 heavy (non-hydrogen) atoms. The van der Waals surface area contributed by atoms with E-state index < -0.39 is 5.91 Å². The molecule has 0 aliphatic rings. The van der Waals surface area contributed by atoms with E-state index in [2.05, 4.69) is 15.8 Å². The van der Waals surface area contributed by atoms with Gasteiger partial charge in [-0.25, -0.2) is 5.43 Å². The molecule has 2 amide bonds. The lowest BCUT2D eigenvalue weighted by molar-refractivity contribution is -0.117. The van der Waals surface area contributed by atoms with Gasteiger partial charge >= 0.3 is 0 Å². The van der Waals surface area contributed by atoms with Crippen molar-refractivity contribution in [1.29, 1.82) is 0 Å². The van der Waals surface area contributed by atoms with Gasteiger partial charge in [-0.05, 0) is 65.0 Å². The summed E-state index contributed by atoms with van der Waals surface area (Å²) in [5, 5.41) is 8.62. The van der Waals surface area contributed by atoms with Gasteiger partial charge in [0, 0.05) is 10.4 Å². The number of hydrazone groups is 1. The lowest BCUT2D eigenvalue weighted by atomic mass is 10.2. The van der Waals surface area contributed by atoms with Crippen LogP contribution in [0.25, 0.3) is 6.08 Å². The molecule has 4 rings (SSSR count). The highest BCUT2D eigenvalue weighted by Gasteiger charge is 2.14. The van der Waals surface area contributed by atoms with Gasteiger partial charge in [0.1, 0.15) is 18.1 Å². The van der Waals surface area contributed by atoms with Crippen molar-refractivity contribution in [2.24, 2.45) is 5.10 Å². The highest BCUT2D eigenvalue weighted by Crippen LogP contribution is 2.14. The average molecular weight is 482 g/mol. The van der Waals surface area contributed by atoms with Crippen LogP contribution in [0.5, 0.6) is 5.75 Å². The zero-order valence-corrected chi connectivity index (χ0v) is 19.6. The van der Waals surface area contributed by atoms with Crippen molar-refractivity contribution >= 4 is 35.4 Å². The Labute approximate surface area is 207 Å². The first-order valence-electron chi connectivity index (χ1n) is 10.9. The summed E-state index contributed by atoms with van der Waals surface area (Å²) in [6.45, 7) is 0.485. The minimum Gasteiger partial charge on any atom is -0.489 e. The third-order valence-electron chi connectivity index (χ3n) is 4.87. The number of hydrogen-bond acceptors (Lipinski definition) is 5. The van der Waals surface area contributed by atoms with Crippen LogP contribution in [0.4, 0.5) is 0 Å². The number of amides is 2. The molecule has 3 aromatic carbocycles. The number of thiophene rings is 1. The molecule has 0 atom stereocenters. The topological polar surface area (TPSA) is 79.8 Å². The van der Waals surface area contributed by atoms with Crippen LogP contribution >= 0.6 is 11.3 Å². The van der Waals surface area contributed by atoms with Gasteiger partial charge in [0.15, 0.2) is 0 Å². The van der Waals surface area contributed by atoms with Gasteiger partial charge < -0.3 is 10.1 Å². The van der Waals surface area contributed by atoms with Crippen LogP contribution in [0.2, 0.25) is 0 Å². The number of nitrogens with zero attached hydrogens (tertiary/aromatic N) is 1. The van der Waals surface area contributed by atoms with Gasteiger partial charge in [0.05, 0.1) is 6.21 Å². The van der Waals surface area contributed by atoms with E-state index in [9.17, 15) is 9.59 Å². The van der Waals surface area contributed by atoms with E-state index in [1.807, 2.05) is 78.2 Å². The second-order valence-corrected chi connectivity index (χ2v) is 8.42. The zero-order chi connectivity index (χ0) is 24.3. The zero-order valence-electron chi connectivity index (χ0n) is 18.8. The average Bonchev–Trinajstić information content (AvgIpc) is 3.42. The van der Waals surface area contributed by atoms with Crippen molar-refractivity contribution in [3.8, 4) is 5.75 Å². The number of carbonyl (C=O) groups excluding carboxylic acids is 2. The molecule has 0 fully saturated rings. The molecule has 0 aliphatic carbocycles. The molecule has 0 saturated heterocycles. The summed E-state index contributed by atoms with van der Waals surface area (Å²) in [6, 6.07) is 29.7. The molecule has 0 bridgehead atoms. The predicted octanol–water partition coefficient (Wildman–Crippen LogP) is 5.25. The van der Waals surface area contributed by atoms with Crippen LogP contribution < -0.4 is 15.5 Å². The summed E-state index contributed by atoms with van der Waals surface area (Å²) < 4.78 is 5.78. The highest BCUT2D eigenvalue weighted by atomic mass is 32.1. The Morgan fingerprint density at radius 2 is 1.57 bits per heavy atom. The first kappa shape index (κ1) is 23.7. The largest absolute Gasteiger partial charge is 0.489 e. The fourth-order valence-electron chi connectivity index (χ4n) is 3.07. The minimum atomic E-state index is -0.526. The molecule has 0 spiro atoms. The Morgan fingerprint density at radius 1 is 0.857 bits per heavy atom. The molecule has 0 unspecified atom stereocenters. The van der Waals surface area contributed by atoms with E-state index in [1.165, 1.54) is 17.6 Å². The van der Waals surface area contributed by atoms with E-state index >= 15 is 0 Å². The molecular weight excluding hydrogens is 458 g/mol. The van der Waals surface area contributed by atoms with Crippen molar-refractivity contribution in [1.82, 2.24) is 10.7 Å². The van der Waals surface area contributed by atoms with Crippen molar-refractivity contribution < 1.29 is 14.3 Å². The van der Waals surface area contributed by atoms with E-state index in [0.29, 0.717) is 12.2 Å². The summed E-state index contributed by atoms with van der Waals surface area (Å²) in [5.41, 5.74) is 4.91. The van der Waals surface area contributed by atoms with E-state index in [4.69, 9.17) is 4.74 Å². The third-order valence-corrected chi connectivity index (χ3v) is 5.69. The molecule has 4 aromatic rings. The summed E-state index contributed by atoms with van der Waals surface area (Å²) >= 11 is 1.46. The normalized spacial score (nSPS) is 11.3. The van der Waals surface area contributed by atoms with Crippen molar-refractivity contribution in [3.05, 3.63) is 130 Å². The van der Waals surface area contributed by atoms with Gasteiger partial charge in [-0.15, -0.1) is 11.3 Å². The fraction of sp³-hybridized carbons (Fsp3) is 0.0357. The molecule has 2 N–H and O–H groups in total. The van der Waals surface area contributed by atoms with E-state index in [1.54, 1.807) is 30.3 Å². The quantitative estimate of drug-likeness (QED) is 0.195. The monoisotopic (exact) mass is 481 g/mol. The number of carbonyl (C=O) groups is 2. The first-order valence-corrected chi connectivity index (χ1v) is 11.8. The summed E-state index contributed by atoms with van der Waals surface area (Å²) in [4.78, 5) is 26.2. The standard InChI is InChI=1S/C28H23N3O3S/c32-27(23-10-5-2-6-11-23)30-26(18-25-12-7-17-35-25)28(33)31-29-19-21-13-15-24(16-14-21)34-20-22-8-3-1-4-9-22/h1-19H,20H2,(H,30,32)(H,31,33). The lowest BCUT2D eigenvalue weighted by Gasteiger charge is -2.09. The maximum absolute atomic E-state index is 12.8. The number of ether oxygens (including phenoxy) is 1. The van der Waals surface area contributed by atoms with Gasteiger partial charge in [-0.1, -0.05) is 54.6 Å². The van der Waals surface area contributed by atoms with Crippen LogP contribution in [0.15, 0.2) is 113 Å². The van der Waals surface area contributed by atoms with Crippen molar-refractivity contribution in [2.45, 2.75) is 6.61 Å². The Bertz CT molecular complexity index is 1300. The maximum atomic E-state index is 12.8. The minimum absolute atomic E-state index is 0.100. The van der Waals surface area contributed by atoms with E-state index in [0.717, 1.165) is 21.8 Å². The summed E-state index contributed by atoms with van der Waals surface area (Å²) in [5.74, 6) is -0.166. The highest BCUT2D eigenvalue weighted by molar-refractivity contribution is 7.10. The third kappa shape index (κ3) is 7.25. The lowest BCUT2D eigenvalue weighted by Crippen LogP contribution is -2.32. The Morgan fingerprint density at radius 3 is 2.26 bits per heavy atom. The Kier molecular flexibility index (Phi) is 8.18. The van der Waals surface area contributed by atoms with Crippen LogP contribution in [0.1, 0.15) is 26.4 Å². The summed E-state index contributed by atoms with van der Waals surface area (Å²) in [7, 11) is 0. The molecule has 1 heterocycles. The molecule has 6 nitrogen and oxygen atoms in total. The SMILES string of the molecule is O=C(NN=Cc1ccc(OCc2ccccc2)cc1)C(=Cc1cccs1)NC(=O)c1ccccc1. The number of hydrogen-bond donors (Lipinski definition) is 2. The van der Waals surface area contributed by atoms with Crippen molar-refractivity contribution in [2.75, 3.05) is 0 Å².